The number of aliphatic imine (C=N–C) groups is 1. The zero-order valence-electron chi connectivity index (χ0n) is 8.42. The minimum absolute atomic E-state index is 0.155. The van der Waals surface area contributed by atoms with Crippen molar-refractivity contribution >= 4 is 35.9 Å². The van der Waals surface area contributed by atoms with Crippen molar-refractivity contribution in [2.24, 2.45) is 4.99 Å². The molecule has 0 saturated carbocycles. The van der Waals surface area contributed by atoms with Crippen molar-refractivity contribution in [1.29, 1.82) is 0 Å². The van der Waals surface area contributed by atoms with Crippen LogP contribution < -0.4 is 0 Å². The molecular formula is C11H12N2S2. The summed E-state index contributed by atoms with van der Waals surface area (Å²) >= 11 is 6.24. The summed E-state index contributed by atoms with van der Waals surface area (Å²) in [6.45, 7) is 2.14. The van der Waals surface area contributed by atoms with Gasteiger partial charge in [-0.2, -0.15) is 12.6 Å². The highest BCUT2D eigenvalue weighted by molar-refractivity contribution is 8.14. The molecule has 0 fully saturated rings. The van der Waals surface area contributed by atoms with E-state index in [1.54, 1.807) is 18.0 Å². The Morgan fingerprint density at radius 3 is 3.00 bits per heavy atom. The number of thioether (sulfide) groups is 1. The maximum atomic E-state index is 4.48. The van der Waals surface area contributed by atoms with Crippen molar-refractivity contribution in [1.82, 2.24) is 4.98 Å². The van der Waals surface area contributed by atoms with Gasteiger partial charge in [-0.3, -0.25) is 0 Å². The van der Waals surface area contributed by atoms with Gasteiger partial charge in [0.15, 0.2) is 5.82 Å². The molecule has 0 N–H and O–H groups in total. The van der Waals surface area contributed by atoms with Crippen molar-refractivity contribution in [3.63, 3.8) is 0 Å². The van der Waals surface area contributed by atoms with Crippen molar-refractivity contribution in [3.05, 3.63) is 35.4 Å². The summed E-state index contributed by atoms with van der Waals surface area (Å²) in [5.74, 6) is 0.751. The molecule has 2 rings (SSSR count). The number of hydrogen-bond acceptors (Lipinski definition) is 4. The second-order valence-corrected chi connectivity index (χ2v) is 5.26. The van der Waals surface area contributed by atoms with Gasteiger partial charge in [0, 0.05) is 6.20 Å². The number of nitrogens with zero attached hydrogens (tertiary/aromatic N) is 2. The second kappa shape index (κ2) is 4.86. The highest BCUT2D eigenvalue weighted by Gasteiger charge is 2.19. The average molecular weight is 236 g/mol. The highest BCUT2D eigenvalue weighted by atomic mass is 32.2. The molecule has 0 aromatic carbocycles. The smallest absolute Gasteiger partial charge is 0.152 e. The zero-order valence-corrected chi connectivity index (χ0v) is 10.1. The molecule has 1 atom stereocenters. The number of rotatable bonds is 2. The van der Waals surface area contributed by atoms with Crippen LogP contribution in [-0.4, -0.2) is 15.3 Å². The first-order valence-corrected chi connectivity index (χ1v) is 6.24. The zero-order chi connectivity index (χ0) is 10.7. The molecule has 1 aromatic rings. The van der Waals surface area contributed by atoms with Crippen molar-refractivity contribution < 1.29 is 0 Å². The predicted octanol–water partition coefficient (Wildman–Crippen LogP) is 3.45. The van der Waals surface area contributed by atoms with E-state index in [4.69, 9.17) is 0 Å². The quantitative estimate of drug-likeness (QED) is 0.796. The first-order valence-electron chi connectivity index (χ1n) is 4.84. The van der Waals surface area contributed by atoms with Crippen molar-refractivity contribution in [2.75, 3.05) is 0 Å². The Bertz CT molecular complexity index is 398. The van der Waals surface area contributed by atoms with Gasteiger partial charge >= 0.3 is 0 Å². The van der Waals surface area contributed by atoms with Crippen LogP contribution in [0.3, 0.4) is 0 Å². The minimum atomic E-state index is 0.155. The summed E-state index contributed by atoms with van der Waals surface area (Å²) in [5, 5.41) is 0. The summed E-state index contributed by atoms with van der Waals surface area (Å²) < 4.78 is 0.155. The summed E-state index contributed by atoms with van der Waals surface area (Å²) in [7, 11) is 0. The first-order chi connectivity index (χ1) is 7.29. The van der Waals surface area contributed by atoms with Gasteiger partial charge in [0.2, 0.25) is 0 Å². The van der Waals surface area contributed by atoms with E-state index < -0.39 is 0 Å². The van der Waals surface area contributed by atoms with Gasteiger partial charge in [-0.05, 0) is 29.5 Å². The summed E-state index contributed by atoms with van der Waals surface area (Å²) in [6, 6.07) is 5.72. The average Bonchev–Trinajstić information content (AvgIpc) is 2.61. The third-order valence-electron chi connectivity index (χ3n) is 2.07. The highest BCUT2D eigenvalue weighted by Crippen LogP contribution is 2.35. The van der Waals surface area contributed by atoms with Gasteiger partial charge in [0.25, 0.3) is 0 Å². The molecule has 0 spiro atoms. The third kappa shape index (κ3) is 2.63. The Morgan fingerprint density at radius 2 is 2.40 bits per heavy atom. The van der Waals surface area contributed by atoms with Gasteiger partial charge in [-0.1, -0.05) is 13.0 Å². The van der Waals surface area contributed by atoms with Gasteiger partial charge in [0.05, 0.1) is 10.3 Å². The maximum Gasteiger partial charge on any atom is 0.152 e. The maximum absolute atomic E-state index is 4.48. The van der Waals surface area contributed by atoms with Crippen LogP contribution in [0.25, 0.3) is 0 Å². The van der Waals surface area contributed by atoms with Gasteiger partial charge < -0.3 is 0 Å². The lowest BCUT2D eigenvalue weighted by Gasteiger charge is -2.01. The molecule has 78 valence electrons. The SMILES string of the molecule is CCC1=CC(=Nc2ccccn2)C(S)S1. The lowest BCUT2D eigenvalue weighted by atomic mass is 10.3. The van der Waals surface area contributed by atoms with E-state index in [0.717, 1.165) is 18.0 Å². The molecule has 2 nitrogen and oxygen atoms in total. The fourth-order valence-electron chi connectivity index (χ4n) is 1.30. The molecule has 1 aliphatic heterocycles. The topological polar surface area (TPSA) is 25.2 Å². The third-order valence-corrected chi connectivity index (χ3v) is 3.82. The number of pyridine rings is 1. The lowest BCUT2D eigenvalue weighted by molar-refractivity contribution is 1.21. The summed E-state index contributed by atoms with van der Waals surface area (Å²) in [4.78, 5) is 9.97. The van der Waals surface area contributed by atoms with Crippen LogP contribution in [0.4, 0.5) is 5.82 Å². The summed E-state index contributed by atoms with van der Waals surface area (Å²) in [5.41, 5.74) is 0.999. The number of hydrogen-bond donors (Lipinski definition) is 1. The molecule has 0 amide bonds. The van der Waals surface area contributed by atoms with Gasteiger partial charge in [-0.15, -0.1) is 11.8 Å². The van der Waals surface area contributed by atoms with Crippen molar-refractivity contribution in [2.45, 2.75) is 17.9 Å². The molecule has 1 aliphatic rings. The Labute approximate surface area is 99.3 Å². The van der Waals surface area contributed by atoms with E-state index in [9.17, 15) is 0 Å². The van der Waals surface area contributed by atoms with Crippen LogP contribution in [0.5, 0.6) is 0 Å². The van der Waals surface area contributed by atoms with Gasteiger partial charge in [-0.25, -0.2) is 9.98 Å². The molecule has 0 saturated heterocycles. The van der Waals surface area contributed by atoms with E-state index in [0.29, 0.717) is 0 Å². The van der Waals surface area contributed by atoms with E-state index in [1.165, 1.54) is 4.91 Å². The van der Waals surface area contributed by atoms with Crippen LogP contribution in [0, 0.1) is 0 Å². The van der Waals surface area contributed by atoms with E-state index >= 15 is 0 Å². The molecule has 4 heteroatoms. The van der Waals surface area contributed by atoms with Crippen LogP contribution in [-0.2, 0) is 0 Å². The van der Waals surface area contributed by atoms with Crippen LogP contribution in [0.1, 0.15) is 13.3 Å². The molecule has 0 bridgehead atoms. The predicted molar refractivity (Wildman–Crippen MR) is 70.1 cm³/mol. The van der Waals surface area contributed by atoms with Crippen LogP contribution in [0.2, 0.25) is 0 Å². The standard InChI is InChI=1S/C11H12N2S2/c1-2-8-7-9(11(14)15-8)13-10-5-3-4-6-12-10/h3-7,11,14H,2H2,1H3. The Balaban J connectivity index is 2.24. The van der Waals surface area contributed by atoms with Gasteiger partial charge in [0.1, 0.15) is 0 Å². The van der Waals surface area contributed by atoms with E-state index in [2.05, 4.69) is 35.6 Å². The second-order valence-electron chi connectivity index (χ2n) is 3.16. The van der Waals surface area contributed by atoms with E-state index in [-0.39, 0.29) is 4.58 Å². The Kier molecular flexibility index (Phi) is 3.49. The molecule has 2 heterocycles. The number of allylic oxidation sites excluding steroid dienone is 2. The van der Waals surface area contributed by atoms with Crippen LogP contribution in [0.15, 0.2) is 40.4 Å². The normalized spacial score (nSPS) is 23.2. The number of thiol groups is 1. The molecule has 15 heavy (non-hydrogen) atoms. The fourth-order valence-corrected chi connectivity index (χ4v) is 2.72. The molecule has 0 aliphatic carbocycles. The Hall–Kier alpha value is -0.740. The minimum Gasteiger partial charge on any atom is -0.237 e. The molecule has 0 radical (unpaired) electrons. The monoisotopic (exact) mass is 236 g/mol. The van der Waals surface area contributed by atoms with Crippen LogP contribution >= 0.6 is 24.4 Å². The fraction of sp³-hybridized carbons (Fsp3) is 0.273. The molecule has 1 aromatic heterocycles. The lowest BCUT2D eigenvalue weighted by Crippen LogP contribution is -2.01. The van der Waals surface area contributed by atoms with E-state index in [1.807, 2.05) is 18.2 Å². The first kappa shape index (κ1) is 10.8. The number of aromatic nitrogens is 1. The largest absolute Gasteiger partial charge is 0.237 e. The molecular weight excluding hydrogens is 224 g/mol. The summed E-state index contributed by atoms with van der Waals surface area (Å²) in [6.07, 6.45) is 4.90. The molecule has 1 unspecified atom stereocenters. The van der Waals surface area contributed by atoms with Crippen molar-refractivity contribution in [3.8, 4) is 0 Å². The Morgan fingerprint density at radius 1 is 1.53 bits per heavy atom.